The van der Waals surface area contributed by atoms with Gasteiger partial charge in [0.05, 0.1) is 32.1 Å². The summed E-state index contributed by atoms with van der Waals surface area (Å²) in [5.74, 6) is 0.718. The van der Waals surface area contributed by atoms with Gasteiger partial charge in [-0.3, -0.25) is 4.68 Å². The summed E-state index contributed by atoms with van der Waals surface area (Å²) in [5, 5.41) is 24.0. The molecule has 0 radical (unpaired) electrons. The highest BCUT2D eigenvalue weighted by molar-refractivity contribution is 5.89. The maximum absolute atomic E-state index is 12.4. The van der Waals surface area contributed by atoms with Gasteiger partial charge in [-0.25, -0.2) is 4.79 Å². The molecule has 0 aliphatic carbocycles. The molecule has 3 N–H and O–H groups in total. The van der Waals surface area contributed by atoms with Gasteiger partial charge in [0.15, 0.2) is 0 Å². The quantitative estimate of drug-likeness (QED) is 0.486. The molecule has 4 rings (SSSR count). The Bertz CT molecular complexity index is 1020. The minimum Gasteiger partial charge on any atom is -0.497 e. The first-order chi connectivity index (χ1) is 16.1. The summed E-state index contributed by atoms with van der Waals surface area (Å²) in [6.45, 7) is 0.504. The average molecular weight is 452 g/mol. The van der Waals surface area contributed by atoms with Crippen LogP contribution in [0.25, 0.3) is 11.3 Å². The van der Waals surface area contributed by atoms with Crippen molar-refractivity contribution in [3.63, 3.8) is 0 Å². The highest BCUT2D eigenvalue weighted by Crippen LogP contribution is 2.23. The van der Waals surface area contributed by atoms with Crippen molar-refractivity contribution in [1.29, 1.82) is 0 Å². The average Bonchev–Trinajstić information content (AvgIpc) is 3.33. The standard InChI is InChI=1S/C24H29N5O4/c1-32-19-9-7-18(8-10-19)25-24(31)26-21-12-11-20(33-23(21)16-30)13-14-29-15-22(27-28-29)17-5-3-2-4-6-17/h2-10,15,20-21,23,30H,11-14,16H2,1H3,(H2,25,26,31)/t20-,21-,23-/m1/s1. The van der Waals surface area contributed by atoms with Crippen LogP contribution < -0.4 is 15.4 Å². The number of benzene rings is 2. The highest BCUT2D eigenvalue weighted by Gasteiger charge is 2.31. The van der Waals surface area contributed by atoms with E-state index in [0.29, 0.717) is 12.2 Å². The predicted octanol–water partition coefficient (Wildman–Crippen LogP) is 3.07. The molecule has 174 valence electrons. The third-order valence-corrected chi connectivity index (χ3v) is 5.75. The van der Waals surface area contributed by atoms with Crippen LogP contribution in [0.15, 0.2) is 60.8 Å². The van der Waals surface area contributed by atoms with Crippen molar-refractivity contribution in [2.45, 2.75) is 44.1 Å². The van der Waals surface area contributed by atoms with E-state index in [2.05, 4.69) is 20.9 Å². The zero-order valence-corrected chi connectivity index (χ0v) is 18.6. The smallest absolute Gasteiger partial charge is 0.319 e. The molecule has 1 aliphatic rings. The van der Waals surface area contributed by atoms with E-state index in [-0.39, 0.29) is 24.8 Å². The number of rotatable bonds is 8. The van der Waals surface area contributed by atoms with Gasteiger partial charge in [0.1, 0.15) is 17.5 Å². The van der Waals surface area contributed by atoms with Gasteiger partial charge >= 0.3 is 6.03 Å². The van der Waals surface area contributed by atoms with Gasteiger partial charge in [-0.1, -0.05) is 35.5 Å². The number of anilines is 1. The first kappa shape index (κ1) is 22.8. The van der Waals surface area contributed by atoms with Crippen molar-refractivity contribution in [3.05, 3.63) is 60.8 Å². The molecule has 1 aliphatic heterocycles. The molecule has 2 heterocycles. The molecule has 1 saturated heterocycles. The summed E-state index contributed by atoms with van der Waals surface area (Å²) in [6.07, 6.45) is 3.70. The van der Waals surface area contributed by atoms with E-state index >= 15 is 0 Å². The van der Waals surface area contributed by atoms with Crippen molar-refractivity contribution in [1.82, 2.24) is 20.3 Å². The van der Waals surface area contributed by atoms with Crippen LogP contribution in [0.2, 0.25) is 0 Å². The minimum atomic E-state index is -0.457. The topological polar surface area (TPSA) is 111 Å². The maximum atomic E-state index is 12.4. The fraction of sp³-hybridized carbons (Fsp3) is 0.375. The Morgan fingerprint density at radius 3 is 2.70 bits per heavy atom. The molecule has 0 spiro atoms. The molecule has 33 heavy (non-hydrogen) atoms. The third-order valence-electron chi connectivity index (χ3n) is 5.75. The van der Waals surface area contributed by atoms with Gasteiger partial charge in [-0.2, -0.15) is 0 Å². The van der Waals surface area contributed by atoms with E-state index in [0.717, 1.165) is 36.3 Å². The Labute approximate surface area is 192 Å². The fourth-order valence-electron chi connectivity index (χ4n) is 3.94. The number of hydrogen-bond acceptors (Lipinski definition) is 6. The number of aryl methyl sites for hydroxylation is 1. The van der Waals surface area contributed by atoms with E-state index in [1.54, 1.807) is 31.4 Å². The lowest BCUT2D eigenvalue weighted by Gasteiger charge is -2.36. The number of carbonyl (C=O) groups is 1. The van der Waals surface area contributed by atoms with Crippen LogP contribution in [0.1, 0.15) is 19.3 Å². The number of aliphatic hydroxyl groups excluding tert-OH is 1. The normalized spacial score (nSPS) is 20.2. The monoisotopic (exact) mass is 451 g/mol. The van der Waals surface area contributed by atoms with Crippen LogP contribution in [0, 0.1) is 0 Å². The Morgan fingerprint density at radius 1 is 1.18 bits per heavy atom. The van der Waals surface area contributed by atoms with Crippen LogP contribution in [-0.2, 0) is 11.3 Å². The fourth-order valence-corrected chi connectivity index (χ4v) is 3.94. The van der Waals surface area contributed by atoms with Gasteiger partial charge < -0.3 is 25.2 Å². The SMILES string of the molecule is COc1ccc(NC(=O)N[C@@H]2CC[C@H](CCn3cc(-c4ccccc4)nn3)O[C@@H]2CO)cc1. The number of carbonyl (C=O) groups excluding carboxylic acids is 1. The van der Waals surface area contributed by atoms with Crippen LogP contribution in [-0.4, -0.2) is 58.1 Å². The number of nitrogens with one attached hydrogen (secondary N) is 2. The predicted molar refractivity (Wildman–Crippen MR) is 124 cm³/mol. The van der Waals surface area contributed by atoms with Crippen molar-refractivity contribution in [2.24, 2.45) is 0 Å². The highest BCUT2D eigenvalue weighted by atomic mass is 16.5. The van der Waals surface area contributed by atoms with E-state index in [4.69, 9.17) is 9.47 Å². The molecule has 3 atom stereocenters. The van der Waals surface area contributed by atoms with Gasteiger partial charge in [0.25, 0.3) is 0 Å². The van der Waals surface area contributed by atoms with E-state index in [9.17, 15) is 9.90 Å². The number of nitrogens with zero attached hydrogens (tertiary/aromatic N) is 3. The number of amides is 2. The number of methoxy groups -OCH3 is 1. The van der Waals surface area contributed by atoms with Crippen LogP contribution in [0.4, 0.5) is 10.5 Å². The van der Waals surface area contributed by atoms with Crippen LogP contribution in [0.5, 0.6) is 5.75 Å². The molecule has 1 aromatic heterocycles. The molecule has 9 heteroatoms. The molecule has 1 fully saturated rings. The van der Waals surface area contributed by atoms with Gasteiger partial charge in [0, 0.05) is 17.8 Å². The van der Waals surface area contributed by atoms with Crippen LogP contribution >= 0.6 is 0 Å². The van der Waals surface area contributed by atoms with Crippen molar-refractivity contribution >= 4 is 11.7 Å². The van der Waals surface area contributed by atoms with Crippen LogP contribution in [0.3, 0.4) is 0 Å². The van der Waals surface area contributed by atoms with Gasteiger partial charge in [0.2, 0.25) is 0 Å². The molecular weight excluding hydrogens is 422 g/mol. The zero-order chi connectivity index (χ0) is 23.0. The Kier molecular flexibility index (Phi) is 7.54. The summed E-state index contributed by atoms with van der Waals surface area (Å²) in [6, 6.07) is 16.4. The largest absolute Gasteiger partial charge is 0.497 e. The van der Waals surface area contributed by atoms with E-state index < -0.39 is 6.10 Å². The first-order valence-electron chi connectivity index (χ1n) is 11.1. The third kappa shape index (κ3) is 6.09. The Morgan fingerprint density at radius 2 is 1.97 bits per heavy atom. The summed E-state index contributed by atoms with van der Waals surface area (Å²) < 4.78 is 13.0. The second-order valence-electron chi connectivity index (χ2n) is 8.01. The lowest BCUT2D eigenvalue weighted by atomic mass is 9.97. The second kappa shape index (κ2) is 10.9. The summed E-state index contributed by atoms with van der Waals surface area (Å²) in [4.78, 5) is 12.4. The van der Waals surface area contributed by atoms with Gasteiger partial charge in [-0.15, -0.1) is 5.10 Å². The molecular formula is C24H29N5O4. The maximum Gasteiger partial charge on any atom is 0.319 e. The summed E-state index contributed by atoms with van der Waals surface area (Å²) in [5.41, 5.74) is 2.52. The number of ether oxygens (including phenoxy) is 2. The Hall–Kier alpha value is -3.43. The summed E-state index contributed by atoms with van der Waals surface area (Å²) >= 11 is 0. The summed E-state index contributed by atoms with van der Waals surface area (Å²) in [7, 11) is 1.59. The van der Waals surface area contributed by atoms with Crippen molar-refractivity contribution in [2.75, 3.05) is 19.0 Å². The number of aliphatic hydroxyl groups is 1. The van der Waals surface area contributed by atoms with E-state index in [1.165, 1.54) is 0 Å². The molecule has 0 bridgehead atoms. The Balaban J connectivity index is 1.25. The second-order valence-corrected chi connectivity index (χ2v) is 8.01. The number of urea groups is 1. The first-order valence-corrected chi connectivity index (χ1v) is 11.1. The number of aromatic nitrogens is 3. The van der Waals surface area contributed by atoms with Crippen molar-refractivity contribution < 1.29 is 19.4 Å². The van der Waals surface area contributed by atoms with Crippen molar-refractivity contribution in [3.8, 4) is 17.0 Å². The van der Waals surface area contributed by atoms with Gasteiger partial charge in [-0.05, 0) is 43.5 Å². The molecule has 9 nitrogen and oxygen atoms in total. The molecule has 0 unspecified atom stereocenters. The number of hydrogen-bond donors (Lipinski definition) is 3. The molecule has 0 saturated carbocycles. The molecule has 3 aromatic rings. The van der Waals surface area contributed by atoms with E-state index in [1.807, 2.05) is 41.2 Å². The molecule has 2 aromatic carbocycles. The molecule has 2 amide bonds. The lowest BCUT2D eigenvalue weighted by Crippen LogP contribution is -2.52. The minimum absolute atomic E-state index is 0.0192. The lowest BCUT2D eigenvalue weighted by molar-refractivity contribution is -0.0905. The zero-order valence-electron chi connectivity index (χ0n) is 18.6.